The summed E-state index contributed by atoms with van der Waals surface area (Å²) in [6.45, 7) is 1.10. The normalized spacial score (nSPS) is 12.1. The van der Waals surface area contributed by atoms with Crippen LogP contribution in [0.1, 0.15) is 12.5 Å². The summed E-state index contributed by atoms with van der Waals surface area (Å²) in [6.07, 6.45) is 0. The van der Waals surface area contributed by atoms with Gasteiger partial charge in [-0.1, -0.05) is 0 Å². The molecule has 0 aromatic heterocycles. The highest BCUT2D eigenvalue weighted by Gasteiger charge is 2.25. The highest BCUT2D eigenvalue weighted by molar-refractivity contribution is 7.86. The van der Waals surface area contributed by atoms with Crippen LogP contribution in [0.2, 0.25) is 0 Å². The van der Waals surface area contributed by atoms with Crippen molar-refractivity contribution in [3.63, 3.8) is 0 Å². The number of carbonyl (C=O) groups excluding carboxylic acids is 1. The van der Waals surface area contributed by atoms with Gasteiger partial charge in [0.2, 0.25) is 5.91 Å². The minimum absolute atomic E-state index is 0.179. The van der Waals surface area contributed by atoms with Gasteiger partial charge in [0.15, 0.2) is 5.75 Å². The molecule has 0 saturated heterocycles. The van der Waals surface area contributed by atoms with E-state index in [1.807, 2.05) is 6.07 Å². The number of nitrogens with zero attached hydrogens (tertiary/aromatic N) is 3. The molecule has 0 spiro atoms. The van der Waals surface area contributed by atoms with Crippen molar-refractivity contribution in [2.45, 2.75) is 16.7 Å². The van der Waals surface area contributed by atoms with Crippen molar-refractivity contribution >= 4 is 54.0 Å². The number of hydrogen-bond acceptors (Lipinski definition) is 9. The number of hydrogen-bond donors (Lipinski definition) is 4. The second-order valence-electron chi connectivity index (χ2n) is 6.63. The summed E-state index contributed by atoms with van der Waals surface area (Å²) in [6, 6.07) is 10.0. The lowest BCUT2D eigenvalue weighted by Gasteiger charge is -2.14. The third kappa shape index (κ3) is 5.13. The molecule has 0 atom stereocenters. The van der Waals surface area contributed by atoms with Crippen LogP contribution in [0.5, 0.6) is 5.75 Å². The maximum Gasteiger partial charge on any atom is 0.296 e. The summed E-state index contributed by atoms with van der Waals surface area (Å²) in [7, 11) is -9.79. The van der Waals surface area contributed by atoms with Crippen molar-refractivity contribution < 1.29 is 35.8 Å². The second kappa shape index (κ2) is 8.56. The summed E-state index contributed by atoms with van der Waals surface area (Å²) >= 11 is 0. The van der Waals surface area contributed by atoms with E-state index in [9.17, 15) is 35.8 Å². The van der Waals surface area contributed by atoms with Gasteiger partial charge in [-0.3, -0.25) is 13.9 Å². The van der Waals surface area contributed by atoms with Gasteiger partial charge in [-0.05, 0) is 47.9 Å². The van der Waals surface area contributed by atoms with E-state index in [1.165, 1.54) is 24.3 Å². The molecule has 14 heteroatoms. The molecule has 3 aromatic rings. The first kappa shape index (κ1) is 23.8. The van der Waals surface area contributed by atoms with E-state index >= 15 is 0 Å². The van der Waals surface area contributed by atoms with Gasteiger partial charge in [0.1, 0.15) is 10.6 Å². The fourth-order valence-electron chi connectivity index (χ4n) is 2.90. The van der Waals surface area contributed by atoms with Crippen LogP contribution in [0.25, 0.3) is 10.8 Å². The van der Waals surface area contributed by atoms with Crippen LogP contribution in [0, 0.1) is 11.3 Å². The van der Waals surface area contributed by atoms with E-state index in [4.69, 9.17) is 5.26 Å². The Morgan fingerprint density at radius 3 is 2.15 bits per heavy atom. The number of carbonyl (C=O) groups is 1. The van der Waals surface area contributed by atoms with Crippen molar-refractivity contribution in [1.82, 2.24) is 0 Å². The number of fused-ring (bicyclic) bond motifs is 1. The van der Waals surface area contributed by atoms with Gasteiger partial charge in [-0.15, -0.1) is 5.11 Å². The molecule has 170 valence electrons. The summed E-state index contributed by atoms with van der Waals surface area (Å²) in [5.74, 6) is -1.51. The molecule has 0 fully saturated rings. The number of nitrogens with one attached hydrogen (secondary N) is 1. The van der Waals surface area contributed by atoms with Crippen molar-refractivity contribution in [2.75, 3.05) is 5.32 Å². The molecule has 0 aliphatic rings. The minimum Gasteiger partial charge on any atom is -0.505 e. The number of benzene rings is 3. The molecule has 0 aliphatic heterocycles. The Morgan fingerprint density at radius 2 is 1.64 bits per heavy atom. The lowest BCUT2D eigenvalue weighted by molar-refractivity contribution is -0.114. The van der Waals surface area contributed by atoms with Gasteiger partial charge in [-0.2, -0.15) is 27.2 Å². The van der Waals surface area contributed by atoms with Gasteiger partial charge in [0.25, 0.3) is 20.2 Å². The number of phenols is 1. The summed E-state index contributed by atoms with van der Waals surface area (Å²) in [4.78, 5) is 9.98. The van der Waals surface area contributed by atoms with Gasteiger partial charge in [-0.25, -0.2) is 0 Å². The fraction of sp³-hybridized carbons (Fsp3) is 0.0526. The summed E-state index contributed by atoms with van der Waals surface area (Å²) in [5.41, 5.74) is -0.461. The van der Waals surface area contributed by atoms with Crippen LogP contribution < -0.4 is 5.32 Å². The molecule has 0 bridgehead atoms. The molecule has 0 saturated carbocycles. The zero-order valence-corrected chi connectivity index (χ0v) is 18.2. The minimum atomic E-state index is -5.00. The lowest BCUT2D eigenvalue weighted by Crippen LogP contribution is -2.08. The van der Waals surface area contributed by atoms with Crippen LogP contribution in [0.15, 0.2) is 62.5 Å². The first-order valence-corrected chi connectivity index (χ1v) is 11.7. The number of phenolic OH excluding ortho intramolecular Hbond substituents is 1. The molecule has 1 amide bonds. The van der Waals surface area contributed by atoms with Gasteiger partial charge >= 0.3 is 0 Å². The molecule has 0 radical (unpaired) electrons. The zero-order chi connectivity index (χ0) is 24.6. The van der Waals surface area contributed by atoms with Crippen LogP contribution in [0.3, 0.4) is 0 Å². The van der Waals surface area contributed by atoms with Gasteiger partial charge < -0.3 is 10.4 Å². The summed E-state index contributed by atoms with van der Waals surface area (Å²) in [5, 5.41) is 29.0. The third-order valence-corrected chi connectivity index (χ3v) is 5.97. The van der Waals surface area contributed by atoms with Crippen molar-refractivity contribution in [3.05, 3.63) is 48.0 Å². The van der Waals surface area contributed by atoms with Crippen molar-refractivity contribution in [2.24, 2.45) is 10.2 Å². The second-order valence-corrected chi connectivity index (χ2v) is 9.44. The van der Waals surface area contributed by atoms with E-state index in [0.717, 1.165) is 25.1 Å². The first-order valence-electron chi connectivity index (χ1n) is 8.79. The number of nitriles is 1. The summed E-state index contributed by atoms with van der Waals surface area (Å²) < 4.78 is 66.2. The molecule has 33 heavy (non-hydrogen) atoms. The van der Waals surface area contributed by atoms with Crippen molar-refractivity contribution in [1.29, 1.82) is 5.26 Å². The van der Waals surface area contributed by atoms with E-state index in [0.29, 0.717) is 5.56 Å². The lowest BCUT2D eigenvalue weighted by atomic mass is 10.1. The smallest absolute Gasteiger partial charge is 0.296 e. The average Bonchev–Trinajstić information content (AvgIpc) is 2.71. The molecule has 3 aromatic carbocycles. The average molecular weight is 490 g/mol. The van der Waals surface area contributed by atoms with Gasteiger partial charge in [0.05, 0.1) is 27.9 Å². The van der Waals surface area contributed by atoms with Crippen LogP contribution in [-0.2, 0) is 25.0 Å². The van der Waals surface area contributed by atoms with E-state index in [2.05, 4.69) is 15.5 Å². The highest BCUT2D eigenvalue weighted by atomic mass is 32.2. The van der Waals surface area contributed by atoms with Crippen LogP contribution in [-0.4, -0.2) is 37.0 Å². The Morgan fingerprint density at radius 1 is 1.00 bits per heavy atom. The maximum atomic E-state index is 12.0. The highest BCUT2D eigenvalue weighted by Crippen LogP contribution is 2.45. The Bertz CT molecular complexity index is 1570. The SMILES string of the molecule is CC(=O)Nc1cc(S(=O)(=O)O)cc2cc(S(=O)(=O)O)c(N=Nc3ccc(C#N)cc3)c(O)c12. The molecule has 0 unspecified atom stereocenters. The first-order chi connectivity index (χ1) is 15.3. The molecular weight excluding hydrogens is 476 g/mol. The monoisotopic (exact) mass is 490 g/mol. The maximum absolute atomic E-state index is 12.0. The molecule has 3 rings (SSSR count). The molecule has 12 nitrogen and oxygen atoms in total. The van der Waals surface area contributed by atoms with Crippen LogP contribution in [0.4, 0.5) is 17.1 Å². The van der Waals surface area contributed by atoms with E-state index < -0.39 is 47.4 Å². The van der Waals surface area contributed by atoms with E-state index in [1.54, 1.807) is 0 Å². The molecule has 0 heterocycles. The molecular formula is C19H14N4O8S2. The zero-order valence-electron chi connectivity index (χ0n) is 16.6. The predicted molar refractivity (Wildman–Crippen MR) is 115 cm³/mol. The standard InChI is InChI=1S/C19H14N4O8S2/c1-10(24)21-15-8-14(32(26,27)28)6-12-7-16(33(29,30)31)18(19(25)17(12)15)23-22-13-4-2-11(9-20)3-5-13/h2-8,25H,1H3,(H,21,24)(H,26,27,28)(H,29,30,31). The van der Waals surface area contributed by atoms with Crippen molar-refractivity contribution in [3.8, 4) is 11.8 Å². The topological polar surface area (TPSA) is 207 Å². The van der Waals surface area contributed by atoms with Gasteiger partial charge in [0, 0.05) is 12.3 Å². The van der Waals surface area contributed by atoms with Crippen LogP contribution >= 0.6 is 0 Å². The number of azo groups is 1. The van der Waals surface area contributed by atoms with E-state index in [-0.39, 0.29) is 22.1 Å². The fourth-order valence-corrected chi connectivity index (χ4v) is 4.10. The number of rotatable bonds is 5. The Kier molecular flexibility index (Phi) is 6.16. The number of anilines is 1. The Labute approximate surface area is 187 Å². The number of aromatic hydroxyl groups is 1. The Hall–Kier alpha value is -3.90. The number of amides is 1. The quantitative estimate of drug-likeness (QED) is 0.305. The Balaban J connectivity index is 2.36. The largest absolute Gasteiger partial charge is 0.505 e. The predicted octanol–water partition coefficient (Wildman–Crippen LogP) is 3.28. The molecule has 0 aliphatic carbocycles. The molecule has 4 N–H and O–H groups in total. The third-order valence-electron chi connectivity index (χ3n) is 4.27.